The molecular weight excluding hydrogens is 274 g/mol. The first kappa shape index (κ1) is 14.1. The number of para-hydroxylation sites is 1. The molecule has 1 N–H and O–H groups in total. The van der Waals surface area contributed by atoms with Crippen LogP contribution in [0.5, 0.6) is 0 Å². The van der Waals surface area contributed by atoms with Crippen LogP contribution in [0, 0.1) is 0 Å². The number of benzene rings is 2. The van der Waals surface area contributed by atoms with E-state index < -0.39 is 8.32 Å². The van der Waals surface area contributed by atoms with Gasteiger partial charge in [0.1, 0.15) is 0 Å². The largest absolute Gasteiger partial charge is 0.407 e. The van der Waals surface area contributed by atoms with Crippen LogP contribution in [0.1, 0.15) is 17.2 Å². The van der Waals surface area contributed by atoms with E-state index in [1.54, 1.807) is 0 Å². The zero-order valence-electron chi connectivity index (χ0n) is 12.8. The smallest absolute Gasteiger partial charge is 0.185 e. The van der Waals surface area contributed by atoms with Gasteiger partial charge in [0.25, 0.3) is 0 Å². The number of rotatable bonds is 4. The van der Waals surface area contributed by atoms with Crippen LogP contribution in [-0.2, 0) is 4.43 Å². The van der Waals surface area contributed by atoms with Crippen LogP contribution in [0.4, 0.5) is 0 Å². The van der Waals surface area contributed by atoms with E-state index >= 15 is 0 Å². The molecule has 2 aromatic carbocycles. The lowest BCUT2D eigenvalue weighted by molar-refractivity contribution is 0.241. The minimum Gasteiger partial charge on any atom is -0.407 e. The van der Waals surface area contributed by atoms with Crippen LogP contribution in [-0.4, -0.2) is 13.3 Å². The molecule has 0 amide bonds. The molecule has 1 aromatic heterocycles. The molecule has 108 valence electrons. The minimum atomic E-state index is -1.66. The number of aromatic amines is 1. The summed E-state index contributed by atoms with van der Waals surface area (Å²) in [5.74, 6) is 0. The lowest BCUT2D eigenvalue weighted by Gasteiger charge is -2.26. The number of nitrogens with one attached hydrogen (secondary N) is 1. The first-order chi connectivity index (χ1) is 10.0. The zero-order chi connectivity index (χ0) is 14.9. The van der Waals surface area contributed by atoms with Gasteiger partial charge in [0, 0.05) is 22.7 Å². The topological polar surface area (TPSA) is 25.0 Å². The Bertz CT molecular complexity index is 728. The van der Waals surface area contributed by atoms with Gasteiger partial charge < -0.3 is 9.41 Å². The molecular formula is C18H21NOSi. The van der Waals surface area contributed by atoms with Gasteiger partial charge >= 0.3 is 0 Å². The van der Waals surface area contributed by atoms with E-state index in [-0.39, 0.29) is 6.10 Å². The Labute approximate surface area is 126 Å². The summed E-state index contributed by atoms with van der Waals surface area (Å²) in [6.07, 6.45) is 2.08. The Morgan fingerprint density at radius 2 is 1.57 bits per heavy atom. The normalized spacial score (nSPS) is 13.5. The average Bonchev–Trinajstić information content (AvgIpc) is 2.89. The molecule has 0 radical (unpaired) electrons. The van der Waals surface area contributed by atoms with Gasteiger partial charge in [-0.05, 0) is 31.3 Å². The second kappa shape index (κ2) is 5.51. The first-order valence-corrected chi connectivity index (χ1v) is 10.7. The molecule has 3 aromatic rings. The maximum atomic E-state index is 6.50. The highest BCUT2D eigenvalue weighted by Gasteiger charge is 2.25. The summed E-state index contributed by atoms with van der Waals surface area (Å²) in [4.78, 5) is 3.36. The number of hydrogen-bond donors (Lipinski definition) is 1. The summed E-state index contributed by atoms with van der Waals surface area (Å²) in [6.45, 7) is 6.70. The standard InChI is InChI=1S/C18H21NOSi/c1-21(2,3)20-18(14-9-5-4-6-10-14)16-13-19-17-12-8-7-11-15(16)17/h4-13,18-19H,1-3H3. The van der Waals surface area contributed by atoms with Gasteiger partial charge in [-0.1, -0.05) is 48.5 Å². The Morgan fingerprint density at radius 3 is 2.29 bits per heavy atom. The molecule has 21 heavy (non-hydrogen) atoms. The van der Waals surface area contributed by atoms with Crippen molar-refractivity contribution < 1.29 is 4.43 Å². The fourth-order valence-electron chi connectivity index (χ4n) is 2.60. The first-order valence-electron chi connectivity index (χ1n) is 7.33. The summed E-state index contributed by atoms with van der Waals surface area (Å²) < 4.78 is 6.50. The molecule has 0 fully saturated rings. The molecule has 0 aliphatic carbocycles. The average molecular weight is 295 g/mol. The van der Waals surface area contributed by atoms with Crippen molar-refractivity contribution in [3.8, 4) is 0 Å². The summed E-state index contributed by atoms with van der Waals surface area (Å²) in [6, 6.07) is 18.9. The number of aromatic nitrogens is 1. The molecule has 0 aliphatic heterocycles. The van der Waals surface area contributed by atoms with Gasteiger partial charge in [0.2, 0.25) is 0 Å². The van der Waals surface area contributed by atoms with Crippen LogP contribution >= 0.6 is 0 Å². The summed E-state index contributed by atoms with van der Waals surface area (Å²) in [5.41, 5.74) is 3.59. The molecule has 2 nitrogen and oxygen atoms in total. The zero-order valence-corrected chi connectivity index (χ0v) is 13.8. The van der Waals surface area contributed by atoms with E-state index in [0.29, 0.717) is 0 Å². The van der Waals surface area contributed by atoms with Gasteiger partial charge in [-0.25, -0.2) is 0 Å². The van der Waals surface area contributed by atoms with Gasteiger partial charge in [-0.3, -0.25) is 0 Å². The van der Waals surface area contributed by atoms with E-state index in [9.17, 15) is 0 Å². The lowest BCUT2D eigenvalue weighted by atomic mass is 10.0. The molecule has 3 rings (SSSR count). The molecule has 1 unspecified atom stereocenters. The fraction of sp³-hybridized carbons (Fsp3) is 0.222. The minimum absolute atomic E-state index is 0.00554. The van der Waals surface area contributed by atoms with E-state index in [4.69, 9.17) is 4.43 Å². The fourth-order valence-corrected chi connectivity index (χ4v) is 3.57. The lowest BCUT2D eigenvalue weighted by Crippen LogP contribution is -2.28. The molecule has 1 atom stereocenters. The molecule has 3 heteroatoms. The van der Waals surface area contributed by atoms with Gasteiger partial charge in [-0.15, -0.1) is 0 Å². The molecule has 0 spiro atoms. The van der Waals surface area contributed by atoms with Crippen LogP contribution in [0.15, 0.2) is 60.8 Å². The third kappa shape index (κ3) is 3.09. The van der Waals surface area contributed by atoms with Crippen LogP contribution in [0.2, 0.25) is 19.6 Å². The predicted molar refractivity (Wildman–Crippen MR) is 91.0 cm³/mol. The second-order valence-corrected chi connectivity index (χ2v) is 10.8. The highest BCUT2D eigenvalue weighted by Crippen LogP contribution is 2.33. The Morgan fingerprint density at radius 1 is 0.905 bits per heavy atom. The Balaban J connectivity index is 2.11. The van der Waals surface area contributed by atoms with Gasteiger partial charge in [0.15, 0.2) is 8.32 Å². The van der Waals surface area contributed by atoms with Crippen LogP contribution in [0.3, 0.4) is 0 Å². The van der Waals surface area contributed by atoms with Crippen LogP contribution < -0.4 is 0 Å². The molecule has 0 saturated heterocycles. The molecule has 0 aliphatic rings. The van der Waals surface area contributed by atoms with Gasteiger partial charge in [0.05, 0.1) is 6.10 Å². The van der Waals surface area contributed by atoms with Crippen molar-refractivity contribution >= 4 is 19.2 Å². The SMILES string of the molecule is C[Si](C)(C)OC(c1ccccc1)c1c[nH]c2ccccc12. The van der Waals surface area contributed by atoms with Crippen molar-refractivity contribution in [2.24, 2.45) is 0 Å². The monoisotopic (exact) mass is 295 g/mol. The maximum Gasteiger partial charge on any atom is 0.185 e. The molecule has 1 heterocycles. The highest BCUT2D eigenvalue weighted by atomic mass is 28.4. The Hall–Kier alpha value is -1.84. The third-order valence-corrected chi connectivity index (χ3v) is 4.42. The maximum absolute atomic E-state index is 6.50. The van der Waals surface area contributed by atoms with Crippen molar-refractivity contribution in [1.29, 1.82) is 0 Å². The quantitative estimate of drug-likeness (QED) is 0.665. The highest BCUT2D eigenvalue weighted by molar-refractivity contribution is 6.69. The Kier molecular flexibility index (Phi) is 3.70. The molecule has 0 bridgehead atoms. The van der Waals surface area contributed by atoms with E-state index in [1.807, 2.05) is 6.07 Å². The summed E-state index contributed by atoms with van der Waals surface area (Å²) >= 11 is 0. The number of H-pyrrole nitrogens is 1. The predicted octanol–water partition coefficient (Wildman–Crippen LogP) is 5.11. The van der Waals surface area contributed by atoms with Crippen molar-refractivity contribution in [2.75, 3.05) is 0 Å². The third-order valence-electron chi connectivity index (χ3n) is 3.48. The number of hydrogen-bond acceptors (Lipinski definition) is 1. The van der Waals surface area contributed by atoms with Crippen molar-refractivity contribution in [1.82, 2.24) is 4.98 Å². The van der Waals surface area contributed by atoms with Crippen molar-refractivity contribution in [3.05, 3.63) is 71.9 Å². The van der Waals surface area contributed by atoms with Crippen molar-refractivity contribution in [3.63, 3.8) is 0 Å². The second-order valence-electron chi connectivity index (χ2n) is 6.31. The van der Waals surface area contributed by atoms with Gasteiger partial charge in [-0.2, -0.15) is 0 Å². The van der Waals surface area contributed by atoms with E-state index in [1.165, 1.54) is 16.5 Å². The van der Waals surface area contributed by atoms with E-state index in [0.717, 1.165) is 5.52 Å². The molecule has 0 saturated carbocycles. The van der Waals surface area contributed by atoms with Crippen LogP contribution in [0.25, 0.3) is 10.9 Å². The van der Waals surface area contributed by atoms with Crippen molar-refractivity contribution in [2.45, 2.75) is 25.7 Å². The van der Waals surface area contributed by atoms with E-state index in [2.05, 4.69) is 79.4 Å². The number of fused-ring (bicyclic) bond motifs is 1. The summed E-state index contributed by atoms with van der Waals surface area (Å²) in [5, 5.41) is 1.24. The summed E-state index contributed by atoms with van der Waals surface area (Å²) in [7, 11) is -1.66.